The summed E-state index contributed by atoms with van der Waals surface area (Å²) in [5.41, 5.74) is 1.01. The number of nitrogens with one attached hydrogen (secondary N) is 1. The molecule has 4 rings (SSSR count). The summed E-state index contributed by atoms with van der Waals surface area (Å²) in [4.78, 5) is 19.6. The molecule has 3 heterocycles. The Labute approximate surface area is 140 Å². The van der Waals surface area contributed by atoms with Gasteiger partial charge in [-0.05, 0) is 24.3 Å². The largest absolute Gasteiger partial charge is 0.465 e. The molecule has 1 aromatic carbocycles. The van der Waals surface area contributed by atoms with Crippen LogP contribution in [0.5, 0.6) is 0 Å². The number of nitrogens with zero attached hydrogens (tertiary/aromatic N) is 3. The van der Waals surface area contributed by atoms with E-state index in [9.17, 15) is 4.79 Å². The van der Waals surface area contributed by atoms with Crippen LogP contribution in [0.2, 0.25) is 0 Å². The molecule has 1 amide bonds. The lowest BCUT2D eigenvalue weighted by molar-refractivity contribution is 0.153. The summed E-state index contributed by atoms with van der Waals surface area (Å²) >= 11 is 0. The Hall–Kier alpha value is -2.76. The Morgan fingerprint density at radius 3 is 2.38 bits per heavy atom. The molecule has 0 radical (unpaired) electrons. The van der Waals surface area contributed by atoms with Gasteiger partial charge in [-0.1, -0.05) is 24.3 Å². The van der Waals surface area contributed by atoms with Crippen molar-refractivity contribution in [2.45, 2.75) is 0 Å². The van der Waals surface area contributed by atoms with Crippen LogP contribution < -0.4 is 10.2 Å². The number of rotatable bonds is 3. The molecule has 2 fully saturated rings. The first-order chi connectivity index (χ1) is 11.7. The fraction of sp³-hybridized carbons (Fsp3) is 0.333. The molecule has 2 unspecified atom stereocenters. The molecule has 0 saturated carbocycles. The highest BCUT2D eigenvalue weighted by Gasteiger charge is 2.42. The minimum absolute atomic E-state index is 0.411. The standard InChI is InChI=1S/C18H20N4O2/c23-18(24)22-11-13-9-21(10-14(13)12-22)17-8-4-7-16(20-17)19-15-5-2-1-3-6-15/h1-8,13-14H,9-12H2,(H,19,20)(H,23,24). The van der Waals surface area contributed by atoms with Crippen molar-refractivity contribution < 1.29 is 9.90 Å². The Kier molecular flexibility index (Phi) is 3.72. The van der Waals surface area contributed by atoms with Crippen molar-refractivity contribution in [1.29, 1.82) is 0 Å². The van der Waals surface area contributed by atoms with Crippen LogP contribution in [0.1, 0.15) is 0 Å². The minimum atomic E-state index is -0.803. The van der Waals surface area contributed by atoms with Gasteiger partial charge in [0.15, 0.2) is 0 Å². The SMILES string of the molecule is O=C(O)N1CC2CN(c3cccc(Nc4ccccc4)n3)CC2C1. The zero-order chi connectivity index (χ0) is 16.5. The summed E-state index contributed by atoms with van der Waals surface area (Å²) in [6, 6.07) is 16.0. The molecule has 2 saturated heterocycles. The van der Waals surface area contributed by atoms with Crippen molar-refractivity contribution in [3.05, 3.63) is 48.5 Å². The number of fused-ring (bicyclic) bond motifs is 1. The molecule has 6 heteroatoms. The van der Waals surface area contributed by atoms with E-state index in [1.54, 1.807) is 0 Å². The van der Waals surface area contributed by atoms with Gasteiger partial charge in [-0.3, -0.25) is 0 Å². The molecule has 0 spiro atoms. The third-order valence-electron chi connectivity index (χ3n) is 4.86. The molecule has 2 N–H and O–H groups in total. The number of pyridine rings is 1. The summed E-state index contributed by atoms with van der Waals surface area (Å²) < 4.78 is 0. The number of para-hydroxylation sites is 1. The maximum atomic E-state index is 11.1. The molecule has 1 aromatic heterocycles. The van der Waals surface area contributed by atoms with Gasteiger partial charge in [0.25, 0.3) is 0 Å². The predicted molar refractivity (Wildman–Crippen MR) is 92.8 cm³/mol. The van der Waals surface area contributed by atoms with Crippen LogP contribution in [-0.2, 0) is 0 Å². The van der Waals surface area contributed by atoms with E-state index in [0.717, 1.165) is 30.4 Å². The van der Waals surface area contributed by atoms with Crippen LogP contribution in [0, 0.1) is 11.8 Å². The maximum absolute atomic E-state index is 11.1. The van der Waals surface area contributed by atoms with Gasteiger partial charge in [-0.15, -0.1) is 0 Å². The number of carbonyl (C=O) groups is 1. The van der Waals surface area contributed by atoms with Crippen molar-refractivity contribution in [2.75, 3.05) is 36.4 Å². The molecular weight excluding hydrogens is 304 g/mol. The lowest BCUT2D eigenvalue weighted by Crippen LogP contribution is -2.32. The summed E-state index contributed by atoms with van der Waals surface area (Å²) in [5.74, 6) is 2.59. The first kappa shape index (κ1) is 14.8. The molecule has 2 aromatic rings. The second-order valence-electron chi connectivity index (χ2n) is 6.48. The highest BCUT2D eigenvalue weighted by molar-refractivity contribution is 5.65. The fourth-order valence-corrected chi connectivity index (χ4v) is 3.67. The van der Waals surface area contributed by atoms with Crippen molar-refractivity contribution in [1.82, 2.24) is 9.88 Å². The van der Waals surface area contributed by atoms with Crippen molar-refractivity contribution >= 4 is 23.4 Å². The second-order valence-corrected chi connectivity index (χ2v) is 6.48. The summed E-state index contributed by atoms with van der Waals surface area (Å²) in [5, 5.41) is 12.4. The number of benzene rings is 1. The lowest BCUT2D eigenvalue weighted by atomic mass is 10.0. The number of anilines is 3. The molecule has 124 valence electrons. The van der Waals surface area contributed by atoms with Crippen molar-refractivity contribution in [3.8, 4) is 0 Å². The van der Waals surface area contributed by atoms with E-state index in [1.165, 1.54) is 4.90 Å². The van der Waals surface area contributed by atoms with E-state index < -0.39 is 6.09 Å². The predicted octanol–water partition coefficient (Wildman–Crippen LogP) is 2.87. The monoisotopic (exact) mass is 324 g/mol. The van der Waals surface area contributed by atoms with Gasteiger partial charge in [-0.2, -0.15) is 0 Å². The smallest absolute Gasteiger partial charge is 0.407 e. The van der Waals surface area contributed by atoms with E-state index >= 15 is 0 Å². The molecule has 0 aliphatic carbocycles. The van der Waals surface area contributed by atoms with Gasteiger partial charge < -0.3 is 20.2 Å². The van der Waals surface area contributed by atoms with Crippen LogP contribution in [0.25, 0.3) is 0 Å². The van der Waals surface area contributed by atoms with E-state index in [-0.39, 0.29) is 0 Å². The Morgan fingerprint density at radius 2 is 1.71 bits per heavy atom. The first-order valence-electron chi connectivity index (χ1n) is 8.21. The van der Waals surface area contributed by atoms with Crippen LogP contribution in [-0.4, -0.2) is 47.3 Å². The maximum Gasteiger partial charge on any atom is 0.407 e. The van der Waals surface area contributed by atoms with Crippen LogP contribution in [0.15, 0.2) is 48.5 Å². The number of hydrogen-bond donors (Lipinski definition) is 2. The zero-order valence-electron chi connectivity index (χ0n) is 13.3. The molecule has 24 heavy (non-hydrogen) atoms. The normalized spacial score (nSPS) is 22.5. The third kappa shape index (κ3) is 2.87. The number of amides is 1. The highest BCUT2D eigenvalue weighted by atomic mass is 16.4. The van der Waals surface area contributed by atoms with Crippen LogP contribution >= 0.6 is 0 Å². The first-order valence-corrected chi connectivity index (χ1v) is 8.21. The van der Waals surface area contributed by atoms with Gasteiger partial charge in [-0.25, -0.2) is 9.78 Å². The van der Waals surface area contributed by atoms with Crippen LogP contribution in [0.3, 0.4) is 0 Å². The molecule has 2 aliphatic rings. The number of likely N-dealkylation sites (tertiary alicyclic amines) is 1. The van der Waals surface area contributed by atoms with E-state index in [4.69, 9.17) is 10.1 Å². The van der Waals surface area contributed by atoms with Gasteiger partial charge in [0.1, 0.15) is 11.6 Å². The average molecular weight is 324 g/mol. The van der Waals surface area contributed by atoms with Gasteiger partial charge in [0.2, 0.25) is 0 Å². The van der Waals surface area contributed by atoms with Gasteiger partial charge >= 0.3 is 6.09 Å². The zero-order valence-corrected chi connectivity index (χ0v) is 13.3. The molecule has 2 atom stereocenters. The molecule has 0 bridgehead atoms. The lowest BCUT2D eigenvalue weighted by Gasteiger charge is -2.21. The molecule has 2 aliphatic heterocycles. The number of carboxylic acid groups (broad SMARTS) is 1. The molecule has 6 nitrogen and oxygen atoms in total. The van der Waals surface area contributed by atoms with Crippen LogP contribution in [0.4, 0.5) is 22.1 Å². The van der Waals surface area contributed by atoms with Gasteiger partial charge in [0, 0.05) is 43.7 Å². The molecular formula is C18H20N4O2. The van der Waals surface area contributed by atoms with Gasteiger partial charge in [0.05, 0.1) is 0 Å². The highest BCUT2D eigenvalue weighted by Crippen LogP contribution is 2.33. The Balaban J connectivity index is 1.45. The van der Waals surface area contributed by atoms with E-state index in [2.05, 4.69) is 10.2 Å². The average Bonchev–Trinajstić information content (AvgIpc) is 3.15. The van der Waals surface area contributed by atoms with Crippen molar-refractivity contribution in [3.63, 3.8) is 0 Å². The third-order valence-corrected chi connectivity index (χ3v) is 4.86. The summed E-state index contributed by atoms with van der Waals surface area (Å²) in [6.07, 6.45) is -0.803. The number of hydrogen-bond acceptors (Lipinski definition) is 4. The Morgan fingerprint density at radius 1 is 1.00 bits per heavy atom. The summed E-state index contributed by atoms with van der Waals surface area (Å²) in [7, 11) is 0. The van der Waals surface area contributed by atoms with Crippen molar-refractivity contribution in [2.24, 2.45) is 11.8 Å². The second kappa shape index (κ2) is 6.03. The fourth-order valence-electron chi connectivity index (χ4n) is 3.67. The Bertz CT molecular complexity index is 723. The topological polar surface area (TPSA) is 68.7 Å². The van der Waals surface area contributed by atoms with E-state index in [0.29, 0.717) is 24.9 Å². The van der Waals surface area contributed by atoms with E-state index in [1.807, 2.05) is 48.5 Å². The quantitative estimate of drug-likeness (QED) is 0.908. The number of aromatic nitrogens is 1. The minimum Gasteiger partial charge on any atom is -0.465 e. The summed E-state index contributed by atoms with van der Waals surface area (Å²) in [6.45, 7) is 3.02.